The molecule has 4 aromatic rings. The van der Waals surface area contributed by atoms with Crippen molar-refractivity contribution in [3.63, 3.8) is 0 Å². The first-order chi connectivity index (χ1) is 22.2. The Morgan fingerprint density at radius 2 is 1.74 bits per heavy atom. The Morgan fingerprint density at radius 3 is 2.50 bits per heavy atom. The lowest BCUT2D eigenvalue weighted by Crippen LogP contribution is -2.46. The van der Waals surface area contributed by atoms with Gasteiger partial charge in [-0.05, 0) is 62.4 Å². The first-order valence-corrected chi connectivity index (χ1v) is 17.2. The first-order valence-electron chi connectivity index (χ1n) is 16.0. The second-order valence-corrected chi connectivity index (χ2v) is 14.2. The van der Waals surface area contributed by atoms with E-state index in [0.717, 1.165) is 84.7 Å². The number of aliphatic imine (C=N–C) groups is 1. The van der Waals surface area contributed by atoms with Crippen LogP contribution in [0.5, 0.6) is 0 Å². The van der Waals surface area contributed by atoms with Gasteiger partial charge in [-0.3, -0.25) is 29.4 Å². The number of benzene rings is 2. The number of nitrogens with zero attached hydrogens (tertiary/aromatic N) is 6. The number of nitrogens with one attached hydrogen (secondary N) is 1. The molecule has 0 radical (unpaired) electrons. The molecular weight excluding hydrogens is 618 g/mol. The summed E-state index contributed by atoms with van der Waals surface area (Å²) >= 11 is 8.05. The predicted octanol–water partition coefficient (Wildman–Crippen LogP) is 5.53. The minimum atomic E-state index is -0.255. The van der Waals surface area contributed by atoms with Crippen LogP contribution in [0.25, 0.3) is 5.00 Å². The third-order valence-corrected chi connectivity index (χ3v) is 11.0. The standard InChI is InChI=1S/C35H38ClN7O2S/c1-21-22(2)46-35-31(21)32(25-7-9-27(36)10-8-25)37-29(33-40-39-23(3)43(33)35)13-14-41-15-17-42(18-16-41)20-24-5-4-6-26(19-24)28-11-12-30(44)38-34(28)45/h4-10,19,28-29H,11-18,20H2,1-3H3,(H,38,44,45)/t28?,29-/m0/s1. The smallest absolute Gasteiger partial charge is 0.234 e. The molecule has 1 N–H and O–H groups in total. The number of piperidine rings is 1. The van der Waals surface area contributed by atoms with Gasteiger partial charge in [-0.1, -0.05) is 48.0 Å². The number of carbonyl (C=O) groups excluding carboxylic acids is 2. The number of rotatable bonds is 7. The van der Waals surface area contributed by atoms with Gasteiger partial charge in [-0.15, -0.1) is 21.5 Å². The number of piperazine rings is 1. The summed E-state index contributed by atoms with van der Waals surface area (Å²) in [5, 5.41) is 13.5. The number of hydrogen-bond acceptors (Lipinski definition) is 8. The summed E-state index contributed by atoms with van der Waals surface area (Å²) in [6, 6.07) is 16.2. The van der Waals surface area contributed by atoms with Crippen molar-refractivity contribution >= 4 is 40.5 Å². The Morgan fingerprint density at radius 1 is 0.978 bits per heavy atom. The molecule has 0 spiro atoms. The minimum Gasteiger partial charge on any atom is -0.301 e. The predicted molar refractivity (Wildman–Crippen MR) is 181 cm³/mol. The molecule has 9 nitrogen and oxygen atoms in total. The number of halogens is 1. The van der Waals surface area contributed by atoms with Crippen LogP contribution in [0.2, 0.25) is 5.02 Å². The van der Waals surface area contributed by atoms with Gasteiger partial charge in [0.15, 0.2) is 5.82 Å². The molecule has 0 saturated carbocycles. The highest BCUT2D eigenvalue weighted by molar-refractivity contribution is 7.15. The van der Waals surface area contributed by atoms with Gasteiger partial charge >= 0.3 is 0 Å². The van der Waals surface area contributed by atoms with Crippen molar-refractivity contribution in [2.75, 3.05) is 32.7 Å². The molecule has 3 aliphatic heterocycles. The zero-order chi connectivity index (χ0) is 31.9. The van der Waals surface area contributed by atoms with Gasteiger partial charge in [0.2, 0.25) is 11.8 Å². The Kier molecular flexibility index (Phi) is 8.63. The highest BCUT2D eigenvalue weighted by atomic mass is 35.5. The van der Waals surface area contributed by atoms with Crippen LogP contribution in [0.3, 0.4) is 0 Å². The molecule has 2 atom stereocenters. The molecule has 2 saturated heterocycles. The van der Waals surface area contributed by atoms with Crippen molar-refractivity contribution in [1.82, 2.24) is 29.9 Å². The largest absolute Gasteiger partial charge is 0.301 e. The van der Waals surface area contributed by atoms with Crippen LogP contribution >= 0.6 is 22.9 Å². The zero-order valence-electron chi connectivity index (χ0n) is 26.4. The van der Waals surface area contributed by atoms with E-state index >= 15 is 0 Å². The number of imide groups is 1. The zero-order valence-corrected chi connectivity index (χ0v) is 28.0. The monoisotopic (exact) mass is 655 g/mol. The maximum atomic E-state index is 12.4. The molecule has 2 fully saturated rings. The minimum absolute atomic E-state index is 0.126. The third kappa shape index (κ3) is 6.07. The molecule has 2 aromatic carbocycles. The second kappa shape index (κ2) is 12.8. The van der Waals surface area contributed by atoms with Gasteiger partial charge in [0.25, 0.3) is 0 Å². The number of aromatic nitrogens is 3. The third-order valence-electron chi connectivity index (χ3n) is 9.54. The number of fused-ring (bicyclic) bond motifs is 3. The fraction of sp³-hybridized carbons (Fsp3) is 0.400. The second-order valence-electron chi connectivity index (χ2n) is 12.6. The Labute approximate surface area is 278 Å². The van der Waals surface area contributed by atoms with E-state index in [-0.39, 0.29) is 23.8 Å². The summed E-state index contributed by atoms with van der Waals surface area (Å²) in [5.74, 6) is 1.16. The van der Waals surface area contributed by atoms with Gasteiger partial charge in [-0.2, -0.15) is 0 Å². The molecule has 0 bridgehead atoms. The van der Waals surface area contributed by atoms with Crippen LogP contribution in [0.4, 0.5) is 0 Å². The number of hydrogen-bond donors (Lipinski definition) is 1. The average molecular weight is 656 g/mol. The lowest BCUT2D eigenvalue weighted by atomic mass is 9.89. The van der Waals surface area contributed by atoms with Crippen molar-refractivity contribution in [2.24, 2.45) is 4.99 Å². The maximum absolute atomic E-state index is 12.4. The molecule has 0 aliphatic carbocycles. The van der Waals surface area contributed by atoms with Crippen LogP contribution in [0.1, 0.15) is 75.6 Å². The molecule has 1 unspecified atom stereocenters. The van der Waals surface area contributed by atoms with E-state index in [4.69, 9.17) is 16.6 Å². The molecule has 238 valence electrons. The van der Waals surface area contributed by atoms with E-state index in [9.17, 15) is 9.59 Å². The summed E-state index contributed by atoms with van der Waals surface area (Å²) < 4.78 is 2.22. The molecule has 5 heterocycles. The Bertz CT molecular complexity index is 1820. The summed E-state index contributed by atoms with van der Waals surface area (Å²) in [6.45, 7) is 12.0. The highest BCUT2D eigenvalue weighted by Crippen LogP contribution is 2.39. The van der Waals surface area contributed by atoms with Crippen LogP contribution in [-0.2, 0) is 16.1 Å². The summed E-state index contributed by atoms with van der Waals surface area (Å²) in [5.41, 5.74) is 6.65. The summed E-state index contributed by atoms with van der Waals surface area (Å²) in [7, 11) is 0. The molecule has 7 rings (SSSR count). The quantitative estimate of drug-likeness (QED) is 0.263. The number of carbonyl (C=O) groups is 2. The van der Waals surface area contributed by atoms with E-state index in [1.54, 1.807) is 11.3 Å². The molecular formula is C35H38ClN7O2S. The lowest BCUT2D eigenvalue weighted by Gasteiger charge is -2.35. The maximum Gasteiger partial charge on any atom is 0.234 e. The van der Waals surface area contributed by atoms with Crippen LogP contribution in [0, 0.1) is 20.8 Å². The fourth-order valence-electron chi connectivity index (χ4n) is 6.84. The van der Waals surface area contributed by atoms with Gasteiger partial charge in [-0.25, -0.2) is 0 Å². The van der Waals surface area contributed by atoms with E-state index in [1.165, 1.54) is 16.0 Å². The molecule has 11 heteroatoms. The van der Waals surface area contributed by atoms with E-state index < -0.39 is 0 Å². The van der Waals surface area contributed by atoms with Crippen LogP contribution < -0.4 is 5.32 Å². The first kappa shape index (κ1) is 30.9. The Balaban J connectivity index is 1.04. The molecule has 46 heavy (non-hydrogen) atoms. The molecule has 2 amide bonds. The fourth-order valence-corrected chi connectivity index (χ4v) is 8.18. The highest BCUT2D eigenvalue weighted by Gasteiger charge is 2.32. The molecule has 3 aliphatic rings. The van der Waals surface area contributed by atoms with Crippen molar-refractivity contribution in [3.05, 3.63) is 97.9 Å². The molecule has 2 aromatic heterocycles. The van der Waals surface area contributed by atoms with Crippen molar-refractivity contribution in [1.29, 1.82) is 0 Å². The number of aryl methyl sites for hydroxylation is 2. The van der Waals surface area contributed by atoms with Gasteiger partial charge < -0.3 is 4.90 Å². The lowest BCUT2D eigenvalue weighted by molar-refractivity contribution is -0.134. The summed E-state index contributed by atoms with van der Waals surface area (Å²) in [4.78, 5) is 35.7. The topological polar surface area (TPSA) is 95.7 Å². The number of thiophene rings is 1. The van der Waals surface area contributed by atoms with Crippen molar-refractivity contribution in [2.45, 2.75) is 58.5 Å². The van der Waals surface area contributed by atoms with E-state index in [0.29, 0.717) is 17.9 Å². The van der Waals surface area contributed by atoms with E-state index in [1.807, 2.05) is 31.2 Å². The van der Waals surface area contributed by atoms with Crippen LogP contribution in [0.15, 0.2) is 53.5 Å². The number of amides is 2. The van der Waals surface area contributed by atoms with Gasteiger partial charge in [0.1, 0.15) is 16.9 Å². The summed E-state index contributed by atoms with van der Waals surface area (Å²) in [6.07, 6.45) is 1.81. The van der Waals surface area contributed by atoms with Gasteiger partial charge in [0.05, 0.1) is 11.6 Å². The average Bonchev–Trinajstić information content (AvgIpc) is 3.52. The van der Waals surface area contributed by atoms with E-state index in [2.05, 4.69) is 68.0 Å². The van der Waals surface area contributed by atoms with Crippen molar-refractivity contribution < 1.29 is 9.59 Å². The van der Waals surface area contributed by atoms with Crippen molar-refractivity contribution in [3.8, 4) is 5.00 Å². The Hall–Kier alpha value is -3.70. The SMILES string of the molecule is Cc1sc2c(c1C)C(c1ccc(Cl)cc1)=N[C@@H](CCN1CCN(Cc3cccc(C4CCC(=O)NC4=O)c3)CC1)c1nnc(C)n1-2. The van der Waals surface area contributed by atoms with Crippen LogP contribution in [-0.4, -0.2) is 74.8 Å². The van der Waals surface area contributed by atoms with Gasteiger partial charge in [0, 0.05) is 66.7 Å². The normalized spacial score (nSPS) is 20.6.